The lowest BCUT2D eigenvalue weighted by molar-refractivity contribution is -0.119. The van der Waals surface area contributed by atoms with Gasteiger partial charge in [0.15, 0.2) is 0 Å². The lowest BCUT2D eigenvalue weighted by Crippen LogP contribution is -2.44. The SMILES string of the molecule is CC(C)(CC(N)=O)NCC(O)c1cc(F)ccc1F. The van der Waals surface area contributed by atoms with Gasteiger partial charge in [0.2, 0.25) is 5.91 Å². The average Bonchev–Trinajstić information content (AvgIpc) is 2.27. The number of hydrogen-bond donors (Lipinski definition) is 3. The molecule has 4 N–H and O–H groups in total. The van der Waals surface area contributed by atoms with Crippen molar-refractivity contribution in [2.24, 2.45) is 5.73 Å². The van der Waals surface area contributed by atoms with Gasteiger partial charge >= 0.3 is 0 Å². The molecule has 0 aliphatic rings. The molecular formula is C13H18F2N2O2. The van der Waals surface area contributed by atoms with Crippen LogP contribution in [0.4, 0.5) is 8.78 Å². The second-order valence-electron chi connectivity index (χ2n) is 5.09. The highest BCUT2D eigenvalue weighted by Gasteiger charge is 2.22. The number of hydrogen-bond acceptors (Lipinski definition) is 3. The van der Waals surface area contributed by atoms with Crippen LogP contribution in [0.3, 0.4) is 0 Å². The molecule has 0 heterocycles. The van der Waals surface area contributed by atoms with Gasteiger partial charge in [-0.2, -0.15) is 0 Å². The summed E-state index contributed by atoms with van der Waals surface area (Å²) in [6.07, 6.45) is -1.13. The first-order valence-corrected chi connectivity index (χ1v) is 5.87. The molecule has 0 aromatic heterocycles. The molecule has 4 nitrogen and oxygen atoms in total. The number of aliphatic hydroxyl groups is 1. The monoisotopic (exact) mass is 272 g/mol. The van der Waals surface area contributed by atoms with Gasteiger partial charge in [0, 0.05) is 24.1 Å². The molecular weight excluding hydrogens is 254 g/mol. The number of nitrogens with one attached hydrogen (secondary N) is 1. The molecule has 0 aliphatic heterocycles. The minimum atomic E-state index is -1.21. The van der Waals surface area contributed by atoms with Crippen LogP contribution in [0.5, 0.6) is 0 Å². The number of nitrogens with two attached hydrogens (primary N) is 1. The van der Waals surface area contributed by atoms with Crippen LogP contribution in [0, 0.1) is 11.6 Å². The number of amides is 1. The van der Waals surface area contributed by atoms with Crippen LogP contribution in [-0.4, -0.2) is 23.1 Å². The largest absolute Gasteiger partial charge is 0.387 e. The van der Waals surface area contributed by atoms with E-state index in [0.717, 1.165) is 18.2 Å². The Morgan fingerprint density at radius 3 is 2.68 bits per heavy atom. The third kappa shape index (κ3) is 4.92. The Hall–Kier alpha value is -1.53. The van der Waals surface area contributed by atoms with Gasteiger partial charge in [-0.15, -0.1) is 0 Å². The summed E-state index contributed by atoms with van der Waals surface area (Å²) in [6, 6.07) is 2.89. The minimum absolute atomic E-state index is 0.0132. The Kier molecular flexibility index (Phi) is 4.97. The molecule has 0 saturated heterocycles. The third-order valence-electron chi connectivity index (χ3n) is 2.71. The van der Waals surface area contributed by atoms with E-state index in [-0.39, 0.29) is 18.5 Å². The van der Waals surface area contributed by atoms with Gasteiger partial charge < -0.3 is 16.2 Å². The Balaban J connectivity index is 2.67. The van der Waals surface area contributed by atoms with Crippen LogP contribution in [0.15, 0.2) is 18.2 Å². The predicted octanol–water partition coefficient (Wildman–Crippen LogP) is 1.24. The summed E-state index contributed by atoms with van der Waals surface area (Å²) in [5.74, 6) is -1.78. The average molecular weight is 272 g/mol. The number of primary amides is 1. The van der Waals surface area contributed by atoms with Gasteiger partial charge in [-0.05, 0) is 32.0 Å². The topological polar surface area (TPSA) is 75.4 Å². The molecule has 6 heteroatoms. The maximum Gasteiger partial charge on any atom is 0.219 e. The van der Waals surface area contributed by atoms with Crippen molar-refractivity contribution in [3.8, 4) is 0 Å². The second-order valence-corrected chi connectivity index (χ2v) is 5.09. The van der Waals surface area contributed by atoms with Crippen molar-refractivity contribution in [1.29, 1.82) is 0 Å². The van der Waals surface area contributed by atoms with Gasteiger partial charge in [-0.3, -0.25) is 4.79 Å². The zero-order valence-electron chi connectivity index (χ0n) is 10.9. The fraction of sp³-hybridized carbons (Fsp3) is 0.462. The maximum atomic E-state index is 13.4. The number of β-amino-alcohol motifs (C(OH)–C–C–N with tert-alkyl or cyclic N) is 1. The fourth-order valence-electron chi connectivity index (χ4n) is 1.75. The van der Waals surface area contributed by atoms with Crippen LogP contribution < -0.4 is 11.1 Å². The molecule has 1 aromatic carbocycles. The van der Waals surface area contributed by atoms with Gasteiger partial charge in [-0.25, -0.2) is 8.78 Å². The summed E-state index contributed by atoms with van der Waals surface area (Å²) in [5.41, 5.74) is 4.34. The molecule has 1 rings (SSSR count). The number of aliphatic hydroxyl groups excluding tert-OH is 1. The van der Waals surface area contributed by atoms with E-state index in [0.29, 0.717) is 0 Å². The van der Waals surface area contributed by atoms with E-state index in [2.05, 4.69) is 5.32 Å². The van der Waals surface area contributed by atoms with Crippen molar-refractivity contribution in [3.63, 3.8) is 0 Å². The van der Waals surface area contributed by atoms with Crippen LogP contribution in [-0.2, 0) is 4.79 Å². The second kappa shape index (κ2) is 6.08. The molecule has 0 fully saturated rings. The van der Waals surface area contributed by atoms with Crippen LogP contribution in [0.25, 0.3) is 0 Å². The molecule has 0 saturated carbocycles. The van der Waals surface area contributed by atoms with Crippen molar-refractivity contribution in [1.82, 2.24) is 5.32 Å². The van der Waals surface area contributed by atoms with Gasteiger partial charge in [-0.1, -0.05) is 0 Å². The molecule has 0 aliphatic carbocycles. The van der Waals surface area contributed by atoms with Crippen molar-refractivity contribution in [3.05, 3.63) is 35.4 Å². The third-order valence-corrected chi connectivity index (χ3v) is 2.71. The smallest absolute Gasteiger partial charge is 0.219 e. The summed E-state index contributed by atoms with van der Waals surface area (Å²) < 4.78 is 26.4. The van der Waals surface area contributed by atoms with Crippen molar-refractivity contribution in [2.45, 2.75) is 31.9 Å². The first kappa shape index (κ1) is 15.5. The zero-order valence-corrected chi connectivity index (χ0v) is 10.9. The molecule has 0 spiro atoms. The van der Waals surface area contributed by atoms with Gasteiger partial charge in [0.25, 0.3) is 0 Å². The highest BCUT2D eigenvalue weighted by molar-refractivity contribution is 5.74. The number of carbonyl (C=O) groups is 1. The first-order valence-electron chi connectivity index (χ1n) is 5.87. The Morgan fingerprint density at radius 2 is 2.11 bits per heavy atom. The molecule has 0 radical (unpaired) electrons. The Morgan fingerprint density at radius 1 is 1.47 bits per heavy atom. The van der Waals surface area contributed by atoms with Crippen LogP contribution in [0.2, 0.25) is 0 Å². The number of benzene rings is 1. The van der Waals surface area contributed by atoms with E-state index in [9.17, 15) is 18.7 Å². The van der Waals surface area contributed by atoms with E-state index in [1.165, 1.54) is 0 Å². The van der Waals surface area contributed by atoms with Crippen LogP contribution in [0.1, 0.15) is 31.9 Å². The normalized spacial score (nSPS) is 13.3. The van der Waals surface area contributed by atoms with Gasteiger partial charge in [0.1, 0.15) is 11.6 Å². The van der Waals surface area contributed by atoms with E-state index in [4.69, 9.17) is 5.73 Å². The molecule has 1 unspecified atom stereocenters. The summed E-state index contributed by atoms with van der Waals surface area (Å²) in [6.45, 7) is 3.44. The highest BCUT2D eigenvalue weighted by atomic mass is 19.1. The van der Waals surface area contributed by atoms with Crippen molar-refractivity contribution < 1.29 is 18.7 Å². The molecule has 19 heavy (non-hydrogen) atoms. The summed E-state index contributed by atoms with van der Waals surface area (Å²) >= 11 is 0. The number of halogens is 2. The highest BCUT2D eigenvalue weighted by Crippen LogP contribution is 2.19. The molecule has 0 bridgehead atoms. The van der Waals surface area contributed by atoms with E-state index in [1.807, 2.05) is 0 Å². The standard InChI is InChI=1S/C13H18F2N2O2/c1-13(2,6-12(16)19)17-7-11(18)9-5-8(14)3-4-10(9)15/h3-5,11,17-18H,6-7H2,1-2H3,(H2,16,19). The number of rotatable bonds is 6. The van der Waals surface area contributed by atoms with E-state index < -0.39 is 29.2 Å². The van der Waals surface area contributed by atoms with Crippen LogP contribution >= 0.6 is 0 Å². The van der Waals surface area contributed by atoms with Crippen molar-refractivity contribution in [2.75, 3.05) is 6.54 Å². The lowest BCUT2D eigenvalue weighted by atomic mass is 9.99. The van der Waals surface area contributed by atoms with E-state index >= 15 is 0 Å². The maximum absolute atomic E-state index is 13.4. The lowest BCUT2D eigenvalue weighted by Gasteiger charge is -2.26. The zero-order chi connectivity index (χ0) is 14.6. The first-order chi connectivity index (χ1) is 8.71. The van der Waals surface area contributed by atoms with E-state index in [1.54, 1.807) is 13.8 Å². The molecule has 106 valence electrons. The number of carbonyl (C=O) groups excluding carboxylic acids is 1. The minimum Gasteiger partial charge on any atom is -0.387 e. The predicted molar refractivity (Wildman–Crippen MR) is 67.2 cm³/mol. The summed E-state index contributed by atoms with van der Waals surface area (Å²) in [7, 11) is 0. The Bertz CT molecular complexity index is 464. The quantitative estimate of drug-likeness (QED) is 0.729. The molecule has 1 amide bonds. The fourth-order valence-corrected chi connectivity index (χ4v) is 1.75. The van der Waals surface area contributed by atoms with Crippen molar-refractivity contribution >= 4 is 5.91 Å². The summed E-state index contributed by atoms with van der Waals surface area (Å²) in [5, 5.41) is 12.7. The summed E-state index contributed by atoms with van der Waals surface area (Å²) in [4.78, 5) is 10.8. The Labute approximate surface area is 110 Å². The molecule has 1 atom stereocenters. The molecule has 1 aromatic rings. The van der Waals surface area contributed by atoms with Gasteiger partial charge in [0.05, 0.1) is 6.10 Å².